The Morgan fingerprint density at radius 2 is 1.72 bits per heavy atom. The summed E-state index contributed by atoms with van der Waals surface area (Å²) in [6.07, 6.45) is 0.0616. The minimum Gasteiger partial charge on any atom is -0.491 e. The number of nitrogens with one attached hydrogen (secondary N) is 1. The lowest BCUT2D eigenvalue weighted by Gasteiger charge is -2.11. The largest absolute Gasteiger partial charge is 0.491 e. The normalized spacial score (nSPS) is 10.4. The van der Waals surface area contributed by atoms with Gasteiger partial charge in [-0.05, 0) is 69.2 Å². The predicted octanol–water partition coefficient (Wildman–Crippen LogP) is 3.89. The van der Waals surface area contributed by atoms with Crippen molar-refractivity contribution in [3.05, 3.63) is 59.2 Å². The van der Waals surface area contributed by atoms with Crippen LogP contribution in [0.25, 0.3) is 0 Å². The van der Waals surface area contributed by atoms with Crippen LogP contribution in [0, 0.1) is 13.8 Å². The molecule has 2 aromatic carbocycles. The molecular weight excluding hydrogens is 318 g/mol. The van der Waals surface area contributed by atoms with E-state index in [4.69, 9.17) is 9.47 Å². The highest BCUT2D eigenvalue weighted by Gasteiger charge is 2.11. The highest BCUT2D eigenvalue weighted by Crippen LogP contribution is 2.17. The van der Waals surface area contributed by atoms with Gasteiger partial charge in [0.15, 0.2) is 6.61 Å². The fourth-order valence-corrected chi connectivity index (χ4v) is 2.21. The van der Waals surface area contributed by atoms with E-state index in [1.54, 1.807) is 24.3 Å². The van der Waals surface area contributed by atoms with Gasteiger partial charge < -0.3 is 14.8 Å². The van der Waals surface area contributed by atoms with Crippen LogP contribution in [0.3, 0.4) is 0 Å². The quantitative estimate of drug-likeness (QED) is 0.810. The molecule has 2 rings (SSSR count). The fourth-order valence-electron chi connectivity index (χ4n) is 2.21. The first-order valence-corrected chi connectivity index (χ1v) is 8.16. The number of carbonyl (C=O) groups excluding carboxylic acids is 2. The van der Waals surface area contributed by atoms with Crippen LogP contribution < -0.4 is 10.1 Å². The molecule has 5 heteroatoms. The molecule has 0 bridgehead atoms. The van der Waals surface area contributed by atoms with Gasteiger partial charge in [0.2, 0.25) is 0 Å². The molecule has 132 valence electrons. The number of anilines is 1. The van der Waals surface area contributed by atoms with Gasteiger partial charge in [-0.15, -0.1) is 0 Å². The van der Waals surface area contributed by atoms with Crippen LogP contribution in [0.1, 0.15) is 35.3 Å². The third-order valence-electron chi connectivity index (χ3n) is 3.46. The van der Waals surface area contributed by atoms with E-state index in [9.17, 15) is 9.59 Å². The Balaban J connectivity index is 1.88. The van der Waals surface area contributed by atoms with Crippen LogP contribution in [0.4, 0.5) is 5.69 Å². The Morgan fingerprint density at radius 3 is 2.36 bits per heavy atom. The van der Waals surface area contributed by atoms with Crippen molar-refractivity contribution < 1.29 is 19.1 Å². The van der Waals surface area contributed by atoms with Gasteiger partial charge in [-0.25, -0.2) is 4.79 Å². The smallest absolute Gasteiger partial charge is 0.338 e. The maximum atomic E-state index is 12.0. The molecule has 0 atom stereocenters. The first-order chi connectivity index (χ1) is 11.8. The van der Waals surface area contributed by atoms with Gasteiger partial charge in [0.1, 0.15) is 5.75 Å². The third-order valence-corrected chi connectivity index (χ3v) is 3.46. The SMILES string of the molecule is Cc1ccc(C)c(NC(=O)COC(=O)c2ccc(OC(C)C)cc2)c1. The number of esters is 1. The van der Waals surface area contributed by atoms with Gasteiger partial charge >= 0.3 is 5.97 Å². The van der Waals surface area contributed by atoms with Crippen LogP contribution in [0.5, 0.6) is 5.75 Å². The summed E-state index contributed by atoms with van der Waals surface area (Å²) >= 11 is 0. The van der Waals surface area contributed by atoms with Crippen molar-refractivity contribution in [3.63, 3.8) is 0 Å². The summed E-state index contributed by atoms with van der Waals surface area (Å²) in [4.78, 5) is 24.0. The monoisotopic (exact) mass is 341 g/mol. The Hall–Kier alpha value is -2.82. The summed E-state index contributed by atoms with van der Waals surface area (Å²) in [5.41, 5.74) is 3.08. The van der Waals surface area contributed by atoms with Gasteiger partial charge in [0, 0.05) is 5.69 Å². The first kappa shape index (κ1) is 18.5. The average molecular weight is 341 g/mol. The van der Waals surface area contributed by atoms with Crippen LogP contribution in [-0.2, 0) is 9.53 Å². The molecule has 1 amide bonds. The van der Waals surface area contributed by atoms with Gasteiger partial charge in [-0.3, -0.25) is 4.79 Å². The van der Waals surface area contributed by atoms with E-state index >= 15 is 0 Å². The zero-order valence-corrected chi connectivity index (χ0v) is 15.0. The summed E-state index contributed by atoms with van der Waals surface area (Å²) in [6.45, 7) is 7.37. The molecule has 0 saturated carbocycles. The molecule has 0 aromatic heterocycles. The number of ether oxygens (including phenoxy) is 2. The van der Waals surface area contributed by atoms with Crippen LogP contribution in [0.2, 0.25) is 0 Å². The van der Waals surface area contributed by atoms with E-state index in [1.807, 2.05) is 45.9 Å². The molecular formula is C20H23NO4. The number of carbonyl (C=O) groups is 2. The number of rotatable bonds is 6. The summed E-state index contributed by atoms with van der Waals surface area (Å²) in [5.74, 6) is -0.242. The topological polar surface area (TPSA) is 64.6 Å². The number of aryl methyl sites for hydroxylation is 2. The number of hydrogen-bond donors (Lipinski definition) is 1. The van der Waals surface area contributed by atoms with Crippen molar-refractivity contribution in [2.45, 2.75) is 33.8 Å². The molecule has 0 aliphatic rings. The Labute approximate surface area is 148 Å². The lowest BCUT2D eigenvalue weighted by atomic mass is 10.1. The lowest BCUT2D eigenvalue weighted by Crippen LogP contribution is -2.21. The van der Waals surface area contributed by atoms with Crippen molar-refractivity contribution in [1.29, 1.82) is 0 Å². The molecule has 0 spiro atoms. The van der Waals surface area contributed by atoms with E-state index in [-0.39, 0.29) is 18.6 Å². The minimum absolute atomic E-state index is 0.0616. The number of amides is 1. The van der Waals surface area contributed by atoms with Crippen molar-refractivity contribution in [2.24, 2.45) is 0 Å². The highest BCUT2D eigenvalue weighted by atomic mass is 16.5. The summed E-state index contributed by atoms with van der Waals surface area (Å²) in [6, 6.07) is 12.4. The van der Waals surface area contributed by atoms with Crippen LogP contribution >= 0.6 is 0 Å². The molecule has 0 aliphatic carbocycles. The molecule has 0 radical (unpaired) electrons. The molecule has 0 heterocycles. The number of hydrogen-bond acceptors (Lipinski definition) is 4. The average Bonchev–Trinajstić information content (AvgIpc) is 2.56. The molecule has 0 fully saturated rings. The second kappa shape index (κ2) is 8.33. The second-order valence-electron chi connectivity index (χ2n) is 6.13. The van der Waals surface area contributed by atoms with E-state index in [0.717, 1.165) is 16.8 Å². The van der Waals surface area contributed by atoms with Crippen LogP contribution in [0.15, 0.2) is 42.5 Å². The van der Waals surface area contributed by atoms with E-state index in [1.165, 1.54) is 0 Å². The zero-order valence-electron chi connectivity index (χ0n) is 15.0. The summed E-state index contributed by atoms with van der Waals surface area (Å²) in [7, 11) is 0. The zero-order chi connectivity index (χ0) is 18.4. The third kappa shape index (κ3) is 5.64. The lowest BCUT2D eigenvalue weighted by molar-refractivity contribution is -0.119. The Bertz CT molecular complexity index is 751. The van der Waals surface area contributed by atoms with E-state index in [2.05, 4.69) is 5.32 Å². The summed E-state index contributed by atoms with van der Waals surface area (Å²) < 4.78 is 10.6. The van der Waals surface area contributed by atoms with Crippen molar-refractivity contribution >= 4 is 17.6 Å². The molecule has 0 aliphatic heterocycles. The van der Waals surface area contributed by atoms with Crippen molar-refractivity contribution in [1.82, 2.24) is 0 Å². The maximum absolute atomic E-state index is 12.0. The molecule has 5 nitrogen and oxygen atoms in total. The van der Waals surface area contributed by atoms with Crippen molar-refractivity contribution in [3.8, 4) is 5.75 Å². The van der Waals surface area contributed by atoms with Crippen LogP contribution in [-0.4, -0.2) is 24.6 Å². The van der Waals surface area contributed by atoms with Crippen molar-refractivity contribution in [2.75, 3.05) is 11.9 Å². The molecule has 0 saturated heterocycles. The highest BCUT2D eigenvalue weighted by molar-refractivity contribution is 5.96. The van der Waals surface area contributed by atoms with Gasteiger partial charge in [-0.1, -0.05) is 12.1 Å². The first-order valence-electron chi connectivity index (χ1n) is 8.16. The number of benzene rings is 2. The summed E-state index contributed by atoms with van der Waals surface area (Å²) in [5, 5.41) is 2.75. The van der Waals surface area contributed by atoms with E-state index in [0.29, 0.717) is 11.3 Å². The minimum atomic E-state index is -0.549. The van der Waals surface area contributed by atoms with Gasteiger partial charge in [0.05, 0.1) is 11.7 Å². The standard InChI is InChI=1S/C20H23NO4/c1-13(2)25-17-9-7-16(8-10-17)20(23)24-12-19(22)21-18-11-14(3)5-6-15(18)4/h5-11,13H,12H2,1-4H3,(H,21,22). The maximum Gasteiger partial charge on any atom is 0.338 e. The predicted molar refractivity (Wildman–Crippen MR) is 97.0 cm³/mol. The Morgan fingerprint density at radius 1 is 1.04 bits per heavy atom. The molecule has 0 unspecified atom stereocenters. The molecule has 1 N–H and O–H groups in total. The van der Waals surface area contributed by atoms with Gasteiger partial charge in [-0.2, -0.15) is 0 Å². The van der Waals surface area contributed by atoms with E-state index < -0.39 is 5.97 Å². The fraction of sp³-hybridized carbons (Fsp3) is 0.300. The Kier molecular flexibility index (Phi) is 6.17. The second-order valence-corrected chi connectivity index (χ2v) is 6.13. The van der Waals surface area contributed by atoms with Gasteiger partial charge in [0.25, 0.3) is 5.91 Å². The molecule has 25 heavy (non-hydrogen) atoms. The molecule has 2 aromatic rings.